The third kappa shape index (κ3) is 2.76. The maximum atomic E-state index is 13.0. The second-order valence-corrected chi connectivity index (χ2v) is 32.4. The Bertz CT molecular complexity index is 7160. The van der Waals surface area contributed by atoms with E-state index >= 15 is 0 Å². The summed E-state index contributed by atoms with van der Waals surface area (Å²) in [5.74, 6) is -0.752. The summed E-state index contributed by atoms with van der Waals surface area (Å²) >= 11 is 0. The first-order valence-corrected chi connectivity index (χ1v) is 32.7. The minimum absolute atomic E-state index is 0.0241. The second kappa shape index (κ2) is 10.1. The van der Waals surface area contributed by atoms with Crippen molar-refractivity contribution in [3.05, 3.63) is 22.3 Å². The van der Waals surface area contributed by atoms with Crippen LogP contribution in [-0.2, 0) is 39.4 Å². The van der Waals surface area contributed by atoms with Gasteiger partial charge in [0, 0.05) is 26.2 Å². The number of hydrogen-bond donors (Lipinski definition) is 0. The minimum Gasteiger partial charge on any atom is -0.459 e. The van der Waals surface area contributed by atoms with Crippen LogP contribution >= 0.6 is 0 Å². The number of ether oxygens (including phenoxy) is 4. The Kier molecular flexibility index (Phi) is 4.57. The molecule has 0 aromatic heterocycles. The van der Waals surface area contributed by atoms with Gasteiger partial charge in [-0.25, -0.2) is 0 Å². The van der Waals surface area contributed by atoms with Crippen LogP contribution in [-0.4, -0.2) is 98.6 Å². The standard InChI is InChI=1S/C80H38N2O6/c1-77(2,3)87-17(83)13-81(14-18(84)88-78(4,5)6)7-9-85-11-12-86-10-8-82-15-79-73-65-57-47-37-29-21-19-20-23-27-25(21)33-41-35(27)45-39-31(23)32-24(20)28-26-22(19)30(29)38-44-34(26)42-36(28)46-40(32)50-49(39)59-53(45)63-55(41)61(51(57)43(33)37)69(73)71(63)75-67(59)68-60(50)54(46)64-56(42)62-52(44)58(48(38)47)66(65)74(79)70(62)72(64)76(68)80(75,79)16-82/h7-16H2,1-6H3. The molecule has 8 nitrogen and oxygen atoms in total. The van der Waals surface area contributed by atoms with Gasteiger partial charge in [-0.2, -0.15) is 0 Å². The lowest BCUT2D eigenvalue weighted by molar-refractivity contribution is -0.160. The molecule has 33 rings (SSSR count). The number of rotatable bonds is 13. The maximum Gasteiger partial charge on any atom is 0.320 e. The van der Waals surface area contributed by atoms with Crippen LogP contribution in [0.1, 0.15) is 63.8 Å². The molecule has 1 aliphatic heterocycles. The van der Waals surface area contributed by atoms with Gasteiger partial charge in [0.05, 0.1) is 50.3 Å². The smallest absolute Gasteiger partial charge is 0.320 e. The van der Waals surface area contributed by atoms with Crippen LogP contribution in [0.15, 0.2) is 0 Å². The van der Waals surface area contributed by atoms with E-state index in [0.29, 0.717) is 33.0 Å². The normalized spacial score (nSPS) is 21.0. The summed E-state index contributed by atoms with van der Waals surface area (Å²) in [6.07, 6.45) is 0. The highest BCUT2D eigenvalue weighted by atomic mass is 16.6. The largest absolute Gasteiger partial charge is 0.459 e. The van der Waals surface area contributed by atoms with Crippen molar-refractivity contribution in [3.63, 3.8) is 0 Å². The van der Waals surface area contributed by atoms with Gasteiger partial charge in [-0.1, -0.05) is 0 Å². The van der Waals surface area contributed by atoms with Gasteiger partial charge in [0.1, 0.15) is 11.2 Å². The number of nitrogens with zero attached hydrogens (tertiary/aromatic N) is 2. The number of likely N-dealkylation sites (tertiary alicyclic amines) is 1. The van der Waals surface area contributed by atoms with Gasteiger partial charge >= 0.3 is 11.9 Å². The SMILES string of the molecule is CC(C)(C)OC(=O)CN(CCOCCOCCN1CC23c4c5c6c7c8c9c(c%10c%11c2c2c4c4c%12c5c5c6c6c8c8c%13c9c9c%10c%10c%11c%11c2c2c4c4c%12c%12c5c5c6c8c6c8c%13c9c9c%10c%10c%11c2c2c4c4c%12c5c6c5c8c9c%10c2c45)C73C1)CC(=O)OC(C)(C)C. The third-order valence-corrected chi connectivity index (χ3v) is 27.6. The van der Waals surface area contributed by atoms with Gasteiger partial charge < -0.3 is 18.9 Å². The van der Waals surface area contributed by atoms with Crippen molar-refractivity contribution >= 4 is 303 Å². The Labute approximate surface area is 490 Å². The van der Waals surface area contributed by atoms with E-state index in [-0.39, 0.29) is 35.9 Å². The molecule has 4 aliphatic carbocycles. The summed E-state index contributed by atoms with van der Waals surface area (Å²) < 4.78 is 24.3. The quantitative estimate of drug-likeness (QED) is 0.0642. The van der Waals surface area contributed by atoms with E-state index in [1.807, 2.05) is 41.5 Å². The fourth-order valence-corrected chi connectivity index (χ4v) is 27.1. The van der Waals surface area contributed by atoms with Crippen LogP contribution in [0.2, 0.25) is 0 Å². The van der Waals surface area contributed by atoms with E-state index in [0.717, 1.165) is 19.6 Å². The van der Waals surface area contributed by atoms with Crippen LogP contribution in [0, 0.1) is 0 Å². The summed E-state index contributed by atoms with van der Waals surface area (Å²) in [6, 6.07) is 0. The van der Waals surface area contributed by atoms with Gasteiger partial charge in [0.2, 0.25) is 0 Å². The zero-order valence-corrected chi connectivity index (χ0v) is 48.4. The molecule has 0 N–H and O–H groups in total. The first-order chi connectivity index (χ1) is 42.9. The fraction of sp³-hybridized carbons (Fsp3) is 0.250. The number of carbonyl (C=O) groups is 2. The zero-order valence-electron chi connectivity index (χ0n) is 48.4. The molecular formula is C80H38N2O6. The van der Waals surface area contributed by atoms with Crippen LogP contribution in [0.5, 0.6) is 0 Å². The maximum absolute atomic E-state index is 13.0. The Hall–Kier alpha value is -8.76. The molecule has 404 valence electrons. The van der Waals surface area contributed by atoms with E-state index in [1.54, 1.807) is 318 Å². The lowest BCUT2D eigenvalue weighted by Gasteiger charge is -2.49. The van der Waals surface area contributed by atoms with E-state index < -0.39 is 11.2 Å². The molecule has 0 amide bonds. The molecule has 0 unspecified atom stereocenters. The molecule has 28 aromatic carbocycles. The molecule has 1 fully saturated rings. The first kappa shape index (κ1) is 39.9. The minimum atomic E-state index is -0.630. The molecule has 8 heteroatoms. The first-order valence-electron chi connectivity index (χ1n) is 32.7. The Balaban J connectivity index is 0.686. The van der Waals surface area contributed by atoms with Crippen molar-refractivity contribution in [2.45, 2.75) is 63.6 Å². The zero-order chi connectivity index (χ0) is 55.7. The molecule has 0 bridgehead atoms. The molecule has 1 heterocycles. The highest BCUT2D eigenvalue weighted by molar-refractivity contribution is 6.82. The van der Waals surface area contributed by atoms with Crippen molar-refractivity contribution < 1.29 is 28.5 Å². The van der Waals surface area contributed by atoms with E-state index in [1.165, 1.54) is 0 Å². The molecule has 0 atom stereocenters. The van der Waals surface area contributed by atoms with E-state index in [9.17, 15) is 9.59 Å². The number of hydrogen-bond acceptors (Lipinski definition) is 8. The highest BCUT2D eigenvalue weighted by Gasteiger charge is 2.72. The molecule has 2 spiro atoms. The number of esters is 2. The van der Waals surface area contributed by atoms with Gasteiger partial charge in [-0.05, 0) is 355 Å². The molecule has 0 saturated carbocycles. The fourth-order valence-electron chi connectivity index (χ4n) is 27.1. The molecule has 1 saturated heterocycles. The van der Waals surface area contributed by atoms with Crippen molar-refractivity contribution in [2.24, 2.45) is 0 Å². The average molecular weight is 1120 g/mol. The molecule has 88 heavy (non-hydrogen) atoms. The van der Waals surface area contributed by atoms with Crippen LogP contribution in [0.3, 0.4) is 0 Å². The van der Waals surface area contributed by atoms with Crippen LogP contribution < -0.4 is 0 Å². The predicted molar refractivity (Wildman–Crippen MR) is 360 cm³/mol. The Morgan fingerprint density at radius 2 is 0.500 bits per heavy atom. The summed E-state index contributed by atoms with van der Waals surface area (Å²) in [5, 5.41) is 88.5. The Morgan fingerprint density at radius 3 is 0.705 bits per heavy atom. The predicted octanol–water partition coefficient (Wildman–Crippen LogP) is 17.6. The van der Waals surface area contributed by atoms with Gasteiger partial charge in [0.25, 0.3) is 0 Å². The highest BCUT2D eigenvalue weighted by Crippen LogP contribution is 2.85. The molecular weight excluding hydrogens is 1080 g/mol. The molecule has 28 aromatic rings. The molecule has 5 aliphatic rings. The lowest BCUT2D eigenvalue weighted by atomic mass is 9.50. The summed E-state index contributed by atoms with van der Waals surface area (Å²) in [6.45, 7) is 16.1. The summed E-state index contributed by atoms with van der Waals surface area (Å²) in [7, 11) is 0. The van der Waals surface area contributed by atoms with Gasteiger partial charge in [-0.3, -0.25) is 19.4 Å². The number of carbonyl (C=O) groups excluding carboxylic acids is 2. The summed E-state index contributed by atoms with van der Waals surface area (Å²) in [5.41, 5.74) is 5.08. The molecule has 0 radical (unpaired) electrons. The number of benzene rings is 18. The average Bonchev–Trinajstić information content (AvgIpc) is 1.38. The van der Waals surface area contributed by atoms with Crippen LogP contribution in [0.25, 0.3) is 291 Å². The summed E-state index contributed by atoms with van der Waals surface area (Å²) in [4.78, 5) is 30.7. The van der Waals surface area contributed by atoms with Gasteiger partial charge in [-0.15, -0.1) is 0 Å². The van der Waals surface area contributed by atoms with Crippen molar-refractivity contribution in [3.8, 4) is 0 Å². The van der Waals surface area contributed by atoms with E-state index in [4.69, 9.17) is 18.9 Å². The monoisotopic (exact) mass is 1120 g/mol. The van der Waals surface area contributed by atoms with Crippen LogP contribution in [0.4, 0.5) is 0 Å². The topological polar surface area (TPSA) is 77.5 Å². The third-order valence-electron chi connectivity index (χ3n) is 27.6. The second-order valence-electron chi connectivity index (χ2n) is 32.4. The Morgan fingerprint density at radius 1 is 0.307 bits per heavy atom. The van der Waals surface area contributed by atoms with Crippen molar-refractivity contribution in [2.75, 3.05) is 65.7 Å². The van der Waals surface area contributed by atoms with Crippen molar-refractivity contribution in [1.82, 2.24) is 9.80 Å². The van der Waals surface area contributed by atoms with Crippen molar-refractivity contribution in [1.29, 1.82) is 0 Å². The lowest BCUT2D eigenvalue weighted by Crippen LogP contribution is -2.51. The van der Waals surface area contributed by atoms with Gasteiger partial charge in [0.15, 0.2) is 0 Å². The van der Waals surface area contributed by atoms with E-state index in [2.05, 4.69) is 4.90 Å².